The summed E-state index contributed by atoms with van der Waals surface area (Å²) in [6.45, 7) is 7.23. The third-order valence-electron chi connectivity index (χ3n) is 5.35. The zero-order valence-electron chi connectivity index (χ0n) is 15.5. The van der Waals surface area contributed by atoms with E-state index in [0.29, 0.717) is 12.1 Å². The number of fused-ring (bicyclic) bond motifs is 1. The Morgan fingerprint density at radius 1 is 1.31 bits per heavy atom. The van der Waals surface area contributed by atoms with Gasteiger partial charge in [-0.2, -0.15) is 0 Å². The molecule has 0 atom stereocenters. The van der Waals surface area contributed by atoms with Crippen LogP contribution in [0.3, 0.4) is 0 Å². The molecule has 2 N–H and O–H groups in total. The molecule has 140 valence electrons. The molecule has 7 heteroatoms. The second-order valence-corrected chi connectivity index (χ2v) is 10.1. The van der Waals surface area contributed by atoms with Gasteiger partial charge < -0.3 is 15.3 Å². The zero-order valence-corrected chi connectivity index (χ0v) is 17.1. The van der Waals surface area contributed by atoms with Crippen LogP contribution in [-0.4, -0.2) is 36.2 Å². The van der Waals surface area contributed by atoms with Crippen molar-refractivity contribution in [2.24, 2.45) is 5.41 Å². The highest BCUT2D eigenvalue weighted by atomic mass is 32.1. The number of hydrogen-bond donors (Lipinski definition) is 2. The molecule has 4 rings (SSSR count). The summed E-state index contributed by atoms with van der Waals surface area (Å²) in [4.78, 5) is 22.5. The number of anilines is 1. The topological polar surface area (TPSA) is 65.5 Å². The molecular weight excluding hydrogens is 366 g/mol. The van der Waals surface area contributed by atoms with E-state index in [1.54, 1.807) is 22.7 Å². The predicted octanol–water partition coefficient (Wildman–Crippen LogP) is 4.01. The zero-order chi connectivity index (χ0) is 18.5. The van der Waals surface area contributed by atoms with Crippen LogP contribution in [0.5, 0.6) is 0 Å². The molecule has 0 bridgehead atoms. The summed E-state index contributed by atoms with van der Waals surface area (Å²) in [5, 5.41) is 14.2. The highest BCUT2D eigenvalue weighted by Gasteiger charge is 2.34. The van der Waals surface area contributed by atoms with Gasteiger partial charge in [-0.3, -0.25) is 0 Å². The number of carbonyl (C=O) groups is 1. The van der Waals surface area contributed by atoms with E-state index in [9.17, 15) is 9.90 Å². The summed E-state index contributed by atoms with van der Waals surface area (Å²) in [5.41, 5.74) is 2.72. The van der Waals surface area contributed by atoms with Crippen molar-refractivity contribution in [2.45, 2.75) is 46.1 Å². The number of nitrogens with one attached hydrogen (secondary N) is 1. The highest BCUT2D eigenvalue weighted by molar-refractivity contribution is 7.24. The van der Waals surface area contributed by atoms with Gasteiger partial charge in [0, 0.05) is 24.5 Å². The molecule has 0 unspecified atom stereocenters. The summed E-state index contributed by atoms with van der Waals surface area (Å²) >= 11 is 3.33. The molecule has 0 saturated carbocycles. The number of rotatable bonds is 5. The van der Waals surface area contributed by atoms with E-state index in [0.717, 1.165) is 58.5 Å². The van der Waals surface area contributed by atoms with Gasteiger partial charge in [-0.1, -0.05) is 25.2 Å². The van der Waals surface area contributed by atoms with Gasteiger partial charge in [0.2, 0.25) is 0 Å². The molecule has 2 aromatic rings. The fourth-order valence-corrected chi connectivity index (χ4v) is 6.35. The van der Waals surface area contributed by atoms with Crippen LogP contribution in [-0.2, 0) is 19.4 Å². The minimum Gasteiger partial charge on any atom is -0.478 e. The molecule has 3 heterocycles. The van der Waals surface area contributed by atoms with Crippen LogP contribution < -0.4 is 10.2 Å². The molecule has 1 aliphatic carbocycles. The third kappa shape index (κ3) is 3.06. The Balaban J connectivity index is 1.84. The lowest BCUT2D eigenvalue weighted by Gasteiger charge is -2.30. The quantitative estimate of drug-likeness (QED) is 0.806. The van der Waals surface area contributed by atoms with Gasteiger partial charge in [-0.25, -0.2) is 9.78 Å². The van der Waals surface area contributed by atoms with Crippen molar-refractivity contribution in [2.75, 3.05) is 25.0 Å². The van der Waals surface area contributed by atoms with Crippen LogP contribution in [0.2, 0.25) is 0 Å². The van der Waals surface area contributed by atoms with Crippen LogP contribution >= 0.6 is 22.7 Å². The van der Waals surface area contributed by atoms with Crippen molar-refractivity contribution < 1.29 is 9.90 Å². The van der Waals surface area contributed by atoms with Crippen LogP contribution in [0.25, 0.3) is 9.75 Å². The van der Waals surface area contributed by atoms with E-state index in [1.807, 2.05) is 7.05 Å². The van der Waals surface area contributed by atoms with Crippen molar-refractivity contribution in [3.05, 3.63) is 21.7 Å². The van der Waals surface area contributed by atoms with Crippen LogP contribution in [0, 0.1) is 5.41 Å². The van der Waals surface area contributed by atoms with E-state index in [4.69, 9.17) is 4.98 Å². The first kappa shape index (κ1) is 17.9. The van der Waals surface area contributed by atoms with E-state index in [-0.39, 0.29) is 5.41 Å². The lowest BCUT2D eigenvalue weighted by Crippen LogP contribution is -2.36. The number of carboxylic acids is 1. The maximum atomic E-state index is 12.2. The summed E-state index contributed by atoms with van der Waals surface area (Å²) in [7, 11) is 1.91. The third-order valence-corrected chi connectivity index (χ3v) is 7.97. The van der Waals surface area contributed by atoms with Crippen molar-refractivity contribution in [1.29, 1.82) is 0 Å². The van der Waals surface area contributed by atoms with Crippen molar-refractivity contribution in [3.8, 4) is 9.75 Å². The molecular formula is C19H25N3O2S2. The van der Waals surface area contributed by atoms with E-state index in [2.05, 4.69) is 24.1 Å². The Bertz CT molecular complexity index is 849. The van der Waals surface area contributed by atoms with Crippen molar-refractivity contribution in [3.63, 3.8) is 0 Å². The predicted molar refractivity (Wildman–Crippen MR) is 108 cm³/mol. The molecule has 2 aliphatic rings. The average molecular weight is 392 g/mol. The van der Waals surface area contributed by atoms with Crippen LogP contribution in [0.4, 0.5) is 5.13 Å². The molecule has 2 aromatic heterocycles. The Morgan fingerprint density at radius 3 is 2.69 bits per heavy atom. The van der Waals surface area contributed by atoms with Crippen LogP contribution in [0.1, 0.15) is 53.2 Å². The Hall–Kier alpha value is -1.44. The number of aryl methyl sites for hydroxylation is 1. The molecule has 26 heavy (non-hydrogen) atoms. The largest absolute Gasteiger partial charge is 0.478 e. The Morgan fingerprint density at radius 2 is 2.08 bits per heavy atom. The molecule has 1 aliphatic heterocycles. The standard InChI is InChI=1S/C19H25N3O2S2/c1-19(2)6-5-13-11(9-19)14(17(23)24)16(25-13)15-12(10-20-3)21-18(26-15)22-7-4-8-22/h20H,4-10H2,1-3H3,(H,23,24). The van der Waals surface area contributed by atoms with E-state index in [1.165, 1.54) is 11.3 Å². The number of thiazole rings is 1. The first-order chi connectivity index (χ1) is 12.4. The highest BCUT2D eigenvalue weighted by Crippen LogP contribution is 2.48. The maximum absolute atomic E-state index is 12.2. The Kier molecular flexibility index (Phi) is 4.57. The van der Waals surface area contributed by atoms with Gasteiger partial charge >= 0.3 is 5.97 Å². The Labute approximate surface area is 162 Å². The number of carboxylic acid groups (broad SMARTS) is 1. The fraction of sp³-hybridized carbons (Fsp3) is 0.579. The second-order valence-electron chi connectivity index (χ2n) is 8.00. The monoisotopic (exact) mass is 391 g/mol. The lowest BCUT2D eigenvalue weighted by atomic mass is 9.76. The molecule has 0 radical (unpaired) electrons. The van der Waals surface area contributed by atoms with Crippen molar-refractivity contribution in [1.82, 2.24) is 10.3 Å². The normalized spacial score (nSPS) is 18.5. The first-order valence-electron chi connectivity index (χ1n) is 9.17. The smallest absolute Gasteiger partial charge is 0.337 e. The maximum Gasteiger partial charge on any atom is 0.337 e. The second kappa shape index (κ2) is 6.62. The number of aromatic carboxylic acids is 1. The van der Waals surface area contributed by atoms with Crippen LogP contribution in [0.15, 0.2) is 0 Å². The summed E-state index contributed by atoms with van der Waals surface area (Å²) in [5.74, 6) is -0.801. The number of hydrogen-bond acceptors (Lipinski definition) is 6. The van der Waals surface area contributed by atoms with Gasteiger partial charge in [0.15, 0.2) is 5.13 Å². The SMILES string of the molecule is CNCc1nc(N2CCC2)sc1-c1sc2c(c1C(=O)O)CC(C)(C)CC2. The molecule has 1 saturated heterocycles. The molecule has 1 fully saturated rings. The minimum atomic E-state index is -0.801. The summed E-state index contributed by atoms with van der Waals surface area (Å²) < 4.78 is 0. The number of thiophene rings is 1. The minimum absolute atomic E-state index is 0.167. The van der Waals surface area contributed by atoms with Gasteiger partial charge in [0.25, 0.3) is 0 Å². The van der Waals surface area contributed by atoms with Gasteiger partial charge in [-0.15, -0.1) is 11.3 Å². The molecule has 0 amide bonds. The average Bonchev–Trinajstić information content (AvgIpc) is 3.06. The van der Waals surface area contributed by atoms with E-state index >= 15 is 0 Å². The molecule has 5 nitrogen and oxygen atoms in total. The van der Waals surface area contributed by atoms with Crippen molar-refractivity contribution >= 4 is 33.8 Å². The number of nitrogens with zero attached hydrogens (tertiary/aromatic N) is 2. The van der Waals surface area contributed by atoms with E-state index < -0.39 is 5.97 Å². The number of aromatic nitrogens is 1. The van der Waals surface area contributed by atoms with Gasteiger partial charge in [-0.05, 0) is 43.7 Å². The summed E-state index contributed by atoms with van der Waals surface area (Å²) in [6, 6.07) is 0. The fourth-order valence-electron chi connectivity index (χ4n) is 3.75. The van der Waals surface area contributed by atoms with Gasteiger partial charge in [0.05, 0.1) is 21.0 Å². The lowest BCUT2D eigenvalue weighted by molar-refractivity contribution is 0.0696. The molecule has 0 aromatic carbocycles. The first-order valence-corrected chi connectivity index (χ1v) is 10.8. The van der Waals surface area contributed by atoms with Gasteiger partial charge in [0.1, 0.15) is 0 Å². The molecule has 0 spiro atoms. The summed E-state index contributed by atoms with van der Waals surface area (Å²) in [6.07, 6.45) is 4.15.